The average Bonchev–Trinajstić information content (AvgIpc) is 3.18. The van der Waals surface area contributed by atoms with E-state index in [-0.39, 0.29) is 30.3 Å². The van der Waals surface area contributed by atoms with Crippen LogP contribution in [0.15, 0.2) is 23.2 Å². The zero-order valence-electron chi connectivity index (χ0n) is 17.7. The fraction of sp³-hybridized carbons (Fsp3) is 0.619. The molecule has 3 rings (SSSR count). The van der Waals surface area contributed by atoms with Crippen molar-refractivity contribution < 1.29 is 18.3 Å². The van der Waals surface area contributed by atoms with E-state index in [0.717, 1.165) is 25.9 Å². The van der Waals surface area contributed by atoms with Crippen LogP contribution in [0, 0.1) is 11.6 Å². The van der Waals surface area contributed by atoms with Gasteiger partial charge in [0.25, 0.3) is 0 Å². The lowest BCUT2D eigenvalue weighted by Gasteiger charge is -2.25. The van der Waals surface area contributed by atoms with Crippen LogP contribution in [0.25, 0.3) is 0 Å². The third-order valence-electron chi connectivity index (χ3n) is 5.43. The highest BCUT2D eigenvalue weighted by Crippen LogP contribution is 2.26. The van der Waals surface area contributed by atoms with Gasteiger partial charge in [-0.2, -0.15) is 0 Å². The second-order valence-electron chi connectivity index (χ2n) is 7.97. The van der Waals surface area contributed by atoms with Crippen LogP contribution in [0.1, 0.15) is 25.7 Å². The van der Waals surface area contributed by atoms with Gasteiger partial charge in [0.05, 0.1) is 6.10 Å². The summed E-state index contributed by atoms with van der Waals surface area (Å²) in [4.78, 5) is 19.5. The van der Waals surface area contributed by atoms with Crippen LogP contribution >= 0.6 is 0 Å². The molecule has 9 heteroatoms. The summed E-state index contributed by atoms with van der Waals surface area (Å²) in [5.74, 6) is -0.714. The molecule has 0 bridgehead atoms. The van der Waals surface area contributed by atoms with Crippen LogP contribution in [-0.2, 0) is 9.53 Å². The molecule has 2 saturated heterocycles. The van der Waals surface area contributed by atoms with Crippen LogP contribution in [0.2, 0.25) is 0 Å². The van der Waals surface area contributed by atoms with Gasteiger partial charge in [-0.3, -0.25) is 4.79 Å². The molecular weight excluding hydrogens is 392 g/mol. The number of aliphatic imine (C=N–C) groups is 1. The summed E-state index contributed by atoms with van der Waals surface area (Å²) in [6.45, 7) is 2.36. The van der Waals surface area contributed by atoms with Crippen molar-refractivity contribution in [3.05, 3.63) is 29.8 Å². The summed E-state index contributed by atoms with van der Waals surface area (Å²) < 4.78 is 34.0. The number of benzene rings is 1. The summed E-state index contributed by atoms with van der Waals surface area (Å²) in [5, 5.41) is 6.58. The fourth-order valence-electron chi connectivity index (χ4n) is 3.69. The van der Waals surface area contributed by atoms with E-state index in [0.29, 0.717) is 32.0 Å². The van der Waals surface area contributed by atoms with Crippen molar-refractivity contribution >= 4 is 17.6 Å². The van der Waals surface area contributed by atoms with Crippen LogP contribution in [0.5, 0.6) is 0 Å². The molecule has 30 heavy (non-hydrogen) atoms. The third kappa shape index (κ3) is 6.04. The number of amides is 1. The third-order valence-corrected chi connectivity index (χ3v) is 5.43. The van der Waals surface area contributed by atoms with Gasteiger partial charge in [0.2, 0.25) is 5.91 Å². The Balaban J connectivity index is 1.61. The van der Waals surface area contributed by atoms with E-state index in [1.54, 1.807) is 19.0 Å². The second-order valence-corrected chi connectivity index (χ2v) is 7.97. The van der Waals surface area contributed by atoms with Gasteiger partial charge in [-0.05, 0) is 37.8 Å². The van der Waals surface area contributed by atoms with Crippen molar-refractivity contribution in [1.29, 1.82) is 0 Å². The molecule has 0 aliphatic carbocycles. The van der Waals surface area contributed by atoms with Gasteiger partial charge in [0.1, 0.15) is 23.9 Å². The number of carbonyl (C=O) groups excluding carboxylic acids is 1. The zero-order chi connectivity index (χ0) is 21.5. The highest BCUT2D eigenvalue weighted by atomic mass is 19.1. The van der Waals surface area contributed by atoms with Gasteiger partial charge in [-0.25, -0.2) is 13.8 Å². The largest absolute Gasteiger partial charge is 0.376 e. The molecule has 0 aromatic heterocycles. The monoisotopic (exact) mass is 423 g/mol. The topological polar surface area (TPSA) is 69.2 Å². The maximum atomic E-state index is 14.1. The first-order valence-electron chi connectivity index (χ1n) is 10.5. The van der Waals surface area contributed by atoms with E-state index < -0.39 is 11.6 Å². The van der Waals surface area contributed by atoms with Gasteiger partial charge < -0.3 is 25.2 Å². The first kappa shape index (κ1) is 22.3. The number of hydrogen-bond acceptors (Lipinski definition) is 4. The summed E-state index contributed by atoms with van der Waals surface area (Å²) in [6.07, 6.45) is 4.02. The van der Waals surface area contributed by atoms with Crippen molar-refractivity contribution in [3.63, 3.8) is 0 Å². The van der Waals surface area contributed by atoms with Gasteiger partial charge in [-0.1, -0.05) is 6.07 Å². The predicted molar refractivity (Wildman–Crippen MR) is 113 cm³/mol. The molecule has 0 radical (unpaired) electrons. The molecule has 2 fully saturated rings. The molecule has 1 amide bonds. The Morgan fingerprint density at radius 1 is 1.27 bits per heavy atom. The number of para-hydroxylation sites is 1. The molecule has 2 aliphatic rings. The number of guanidine groups is 1. The maximum Gasteiger partial charge on any atom is 0.243 e. The number of halogens is 2. The van der Waals surface area contributed by atoms with E-state index in [1.165, 1.54) is 23.1 Å². The second kappa shape index (κ2) is 10.6. The number of rotatable bonds is 6. The van der Waals surface area contributed by atoms with Crippen LogP contribution < -0.4 is 15.5 Å². The molecule has 0 spiro atoms. The first-order chi connectivity index (χ1) is 14.4. The molecule has 2 unspecified atom stereocenters. The molecule has 1 aromatic carbocycles. The van der Waals surface area contributed by atoms with Crippen LogP contribution in [0.4, 0.5) is 14.5 Å². The summed E-state index contributed by atoms with van der Waals surface area (Å²) in [5.41, 5.74) is 0.00615. The Morgan fingerprint density at radius 2 is 2.03 bits per heavy atom. The first-order valence-corrected chi connectivity index (χ1v) is 10.5. The Bertz CT molecular complexity index is 733. The lowest BCUT2D eigenvalue weighted by atomic mass is 10.1. The number of nitrogens with zero attached hydrogens (tertiary/aromatic N) is 3. The summed E-state index contributed by atoms with van der Waals surface area (Å²) in [6, 6.07) is 3.86. The minimum absolute atomic E-state index is 0.00615. The van der Waals surface area contributed by atoms with E-state index in [4.69, 9.17) is 4.74 Å². The molecule has 2 heterocycles. The molecule has 2 aliphatic heterocycles. The van der Waals surface area contributed by atoms with E-state index in [2.05, 4.69) is 15.6 Å². The van der Waals surface area contributed by atoms with E-state index in [1.807, 2.05) is 0 Å². The summed E-state index contributed by atoms with van der Waals surface area (Å²) in [7, 11) is 3.37. The zero-order valence-corrected chi connectivity index (χ0v) is 17.7. The molecule has 1 aromatic rings. The minimum atomic E-state index is -0.561. The predicted octanol–water partition coefficient (Wildman–Crippen LogP) is 1.74. The number of carbonyl (C=O) groups is 1. The normalized spacial score (nSPS) is 22.1. The van der Waals surface area contributed by atoms with Gasteiger partial charge in [0, 0.05) is 46.4 Å². The number of nitrogens with one attached hydrogen (secondary N) is 2. The summed E-state index contributed by atoms with van der Waals surface area (Å²) >= 11 is 0. The van der Waals surface area contributed by atoms with Gasteiger partial charge in [0.15, 0.2) is 5.96 Å². The van der Waals surface area contributed by atoms with Crippen LogP contribution in [-0.4, -0.2) is 75.8 Å². The maximum absolute atomic E-state index is 14.1. The average molecular weight is 424 g/mol. The quantitative estimate of drug-likeness (QED) is 0.539. The Kier molecular flexibility index (Phi) is 7.84. The van der Waals surface area contributed by atoms with Crippen molar-refractivity contribution in [1.82, 2.24) is 15.5 Å². The molecule has 7 nitrogen and oxygen atoms in total. The van der Waals surface area contributed by atoms with E-state index in [9.17, 15) is 13.6 Å². The highest BCUT2D eigenvalue weighted by molar-refractivity contribution is 5.85. The lowest BCUT2D eigenvalue weighted by molar-refractivity contribution is -0.127. The number of ether oxygens (including phenoxy) is 1. The number of likely N-dealkylation sites (N-methyl/N-ethyl adjacent to an activating group) is 1. The van der Waals surface area contributed by atoms with Crippen molar-refractivity contribution in [2.75, 3.05) is 51.8 Å². The molecule has 2 N–H and O–H groups in total. The minimum Gasteiger partial charge on any atom is -0.376 e. The van der Waals surface area contributed by atoms with Gasteiger partial charge >= 0.3 is 0 Å². The Hall–Kier alpha value is -2.42. The van der Waals surface area contributed by atoms with Crippen molar-refractivity contribution in [2.45, 2.75) is 37.8 Å². The smallest absolute Gasteiger partial charge is 0.243 e. The molecule has 166 valence electrons. The Labute approximate surface area is 176 Å². The highest BCUT2D eigenvalue weighted by Gasteiger charge is 2.27. The SMILES string of the molecule is CN(C)C(=O)CN=C(NCC1CCCCO1)NC1CCN(c2c(F)cccc2F)C1. The number of anilines is 1. The van der Waals surface area contributed by atoms with Gasteiger partial charge in [-0.15, -0.1) is 0 Å². The fourth-order valence-corrected chi connectivity index (χ4v) is 3.69. The molecule has 2 atom stereocenters. The molecule has 0 saturated carbocycles. The Morgan fingerprint density at radius 3 is 2.70 bits per heavy atom. The van der Waals surface area contributed by atoms with Crippen LogP contribution in [0.3, 0.4) is 0 Å². The number of hydrogen-bond donors (Lipinski definition) is 2. The van der Waals surface area contributed by atoms with Crippen molar-refractivity contribution in [3.8, 4) is 0 Å². The molecular formula is C21H31F2N5O2. The lowest BCUT2D eigenvalue weighted by Crippen LogP contribution is -2.47. The van der Waals surface area contributed by atoms with Crippen molar-refractivity contribution in [2.24, 2.45) is 4.99 Å². The standard InChI is InChI=1S/C21H31F2N5O2/c1-27(2)19(29)13-25-21(24-12-16-6-3-4-11-30-16)26-15-9-10-28(14-15)20-17(22)7-5-8-18(20)23/h5,7-8,15-16H,3-4,6,9-14H2,1-2H3,(H2,24,25,26). The van der Waals surface area contributed by atoms with E-state index >= 15 is 0 Å².